The second-order valence-corrected chi connectivity index (χ2v) is 12.0. The molecular formula is C21H25NO4S2. The van der Waals surface area contributed by atoms with Crippen LogP contribution in [0.25, 0.3) is 0 Å². The summed E-state index contributed by atoms with van der Waals surface area (Å²) in [7, 11) is -7.10. The number of benzene rings is 2. The highest BCUT2D eigenvalue weighted by Crippen LogP contribution is 2.43. The summed E-state index contributed by atoms with van der Waals surface area (Å²) in [6.07, 6.45) is 2.15. The Labute approximate surface area is 167 Å². The van der Waals surface area contributed by atoms with Crippen LogP contribution in [0.2, 0.25) is 0 Å². The van der Waals surface area contributed by atoms with Crippen molar-refractivity contribution in [1.82, 2.24) is 4.31 Å². The molecule has 0 aromatic heterocycles. The van der Waals surface area contributed by atoms with Gasteiger partial charge in [-0.1, -0.05) is 35.9 Å². The Morgan fingerprint density at radius 3 is 2.04 bits per heavy atom. The van der Waals surface area contributed by atoms with Crippen molar-refractivity contribution >= 4 is 19.9 Å². The van der Waals surface area contributed by atoms with E-state index >= 15 is 0 Å². The van der Waals surface area contributed by atoms with E-state index in [0.717, 1.165) is 24.0 Å². The minimum absolute atomic E-state index is 0.257. The van der Waals surface area contributed by atoms with Gasteiger partial charge in [0.15, 0.2) is 9.84 Å². The van der Waals surface area contributed by atoms with Gasteiger partial charge in [-0.25, -0.2) is 16.8 Å². The van der Waals surface area contributed by atoms with Gasteiger partial charge in [0.2, 0.25) is 10.0 Å². The number of sulfonamides is 1. The van der Waals surface area contributed by atoms with Crippen molar-refractivity contribution in [3.05, 3.63) is 59.7 Å². The second kappa shape index (κ2) is 6.97. The summed E-state index contributed by atoms with van der Waals surface area (Å²) in [6, 6.07) is 13.3. The molecule has 2 bridgehead atoms. The van der Waals surface area contributed by atoms with Crippen molar-refractivity contribution in [1.29, 1.82) is 0 Å². The maximum Gasteiger partial charge on any atom is 0.243 e. The van der Waals surface area contributed by atoms with Crippen molar-refractivity contribution in [2.75, 3.05) is 0 Å². The molecule has 2 heterocycles. The monoisotopic (exact) mass is 419 g/mol. The van der Waals surface area contributed by atoms with E-state index in [4.69, 9.17) is 0 Å². The second-order valence-electron chi connectivity index (χ2n) is 7.94. The van der Waals surface area contributed by atoms with Crippen LogP contribution in [0.3, 0.4) is 0 Å². The van der Waals surface area contributed by atoms with Gasteiger partial charge in [0, 0.05) is 12.1 Å². The van der Waals surface area contributed by atoms with E-state index < -0.39 is 25.1 Å². The lowest BCUT2D eigenvalue weighted by atomic mass is 10.1. The molecule has 2 saturated heterocycles. The molecule has 2 aliphatic heterocycles. The highest BCUT2D eigenvalue weighted by atomic mass is 32.2. The first-order valence-electron chi connectivity index (χ1n) is 9.61. The van der Waals surface area contributed by atoms with Crippen molar-refractivity contribution in [3.63, 3.8) is 0 Å². The third kappa shape index (κ3) is 3.19. The SMILES string of the molecule is Cc1ccc(S(=O)(=O)N2C3CCC2CC(S(=O)(=O)c2ccccc2)C3)c(C)c1. The standard InChI is InChI=1S/C21H25NO4S2/c1-15-8-11-21(16(2)12-15)28(25,26)22-17-9-10-18(22)14-20(13-17)27(23,24)19-6-4-3-5-7-19/h3-8,11-12,17-18,20H,9-10,13-14H2,1-2H3. The lowest BCUT2D eigenvalue weighted by molar-refractivity contribution is 0.249. The van der Waals surface area contributed by atoms with E-state index in [0.29, 0.717) is 22.6 Å². The topological polar surface area (TPSA) is 71.5 Å². The first-order valence-corrected chi connectivity index (χ1v) is 12.6. The molecule has 2 atom stereocenters. The first-order chi connectivity index (χ1) is 13.2. The Kier molecular flexibility index (Phi) is 4.88. The minimum atomic E-state index is -3.64. The average Bonchev–Trinajstić information content (AvgIpc) is 2.93. The van der Waals surface area contributed by atoms with Crippen molar-refractivity contribution in [3.8, 4) is 0 Å². The van der Waals surface area contributed by atoms with Gasteiger partial charge in [-0.15, -0.1) is 0 Å². The molecule has 2 aromatic carbocycles. The van der Waals surface area contributed by atoms with E-state index in [-0.39, 0.29) is 12.1 Å². The van der Waals surface area contributed by atoms with Gasteiger partial charge in [-0.3, -0.25) is 0 Å². The number of piperidine rings is 1. The Bertz CT molecular complexity index is 1080. The number of fused-ring (bicyclic) bond motifs is 2. The zero-order valence-electron chi connectivity index (χ0n) is 16.1. The zero-order chi connectivity index (χ0) is 20.1. The van der Waals surface area contributed by atoms with Gasteiger partial charge in [-0.05, 0) is 63.3 Å². The molecule has 7 heteroatoms. The van der Waals surface area contributed by atoms with Crippen LogP contribution in [0.5, 0.6) is 0 Å². The molecule has 0 spiro atoms. The lowest BCUT2D eigenvalue weighted by Crippen LogP contribution is -2.49. The Morgan fingerprint density at radius 1 is 0.857 bits per heavy atom. The number of aryl methyl sites for hydroxylation is 2. The van der Waals surface area contributed by atoms with E-state index in [1.165, 1.54) is 0 Å². The fourth-order valence-electron chi connectivity index (χ4n) is 4.73. The van der Waals surface area contributed by atoms with Crippen LogP contribution in [0.15, 0.2) is 58.3 Å². The molecule has 28 heavy (non-hydrogen) atoms. The number of hydrogen-bond donors (Lipinski definition) is 0. The smallest absolute Gasteiger partial charge is 0.223 e. The third-order valence-corrected chi connectivity index (χ3v) is 10.4. The van der Waals surface area contributed by atoms with Gasteiger partial charge in [0.05, 0.1) is 15.0 Å². The summed E-state index contributed by atoms with van der Waals surface area (Å²) >= 11 is 0. The van der Waals surface area contributed by atoms with Crippen LogP contribution in [0.4, 0.5) is 0 Å². The van der Waals surface area contributed by atoms with Crippen LogP contribution in [-0.4, -0.2) is 38.5 Å². The summed E-state index contributed by atoms with van der Waals surface area (Å²) in [6.45, 7) is 3.75. The van der Waals surface area contributed by atoms with Crippen LogP contribution in [0, 0.1) is 13.8 Å². The van der Waals surface area contributed by atoms with E-state index in [9.17, 15) is 16.8 Å². The molecule has 0 radical (unpaired) electrons. The number of rotatable bonds is 4. The van der Waals surface area contributed by atoms with E-state index in [1.54, 1.807) is 40.7 Å². The predicted molar refractivity (Wildman–Crippen MR) is 108 cm³/mol. The fourth-order valence-corrected chi connectivity index (χ4v) is 8.71. The highest BCUT2D eigenvalue weighted by molar-refractivity contribution is 7.92. The Hall–Kier alpha value is -1.70. The minimum Gasteiger partial charge on any atom is -0.223 e. The van der Waals surface area contributed by atoms with Gasteiger partial charge >= 0.3 is 0 Å². The predicted octanol–water partition coefficient (Wildman–Crippen LogP) is 3.46. The first kappa shape index (κ1) is 19.6. The normalized spacial score (nSPS) is 25.7. The highest BCUT2D eigenvalue weighted by Gasteiger charge is 2.50. The van der Waals surface area contributed by atoms with Crippen molar-refractivity contribution in [2.24, 2.45) is 0 Å². The molecule has 0 saturated carbocycles. The fraction of sp³-hybridized carbons (Fsp3) is 0.429. The van der Waals surface area contributed by atoms with E-state index in [1.807, 2.05) is 26.0 Å². The molecule has 150 valence electrons. The quantitative estimate of drug-likeness (QED) is 0.761. The largest absolute Gasteiger partial charge is 0.243 e. The van der Waals surface area contributed by atoms with Crippen LogP contribution in [-0.2, 0) is 19.9 Å². The summed E-state index contributed by atoms with van der Waals surface area (Å²) in [5.41, 5.74) is 1.76. The summed E-state index contributed by atoms with van der Waals surface area (Å²) < 4.78 is 54.5. The maximum atomic E-state index is 13.4. The van der Waals surface area contributed by atoms with Gasteiger partial charge in [0.25, 0.3) is 0 Å². The molecule has 0 aliphatic carbocycles. The molecule has 2 unspecified atom stereocenters. The summed E-state index contributed by atoms with van der Waals surface area (Å²) in [5.74, 6) is 0. The van der Waals surface area contributed by atoms with Crippen LogP contribution < -0.4 is 0 Å². The van der Waals surface area contributed by atoms with Gasteiger partial charge < -0.3 is 0 Å². The molecule has 5 nitrogen and oxygen atoms in total. The molecule has 0 N–H and O–H groups in total. The van der Waals surface area contributed by atoms with Crippen molar-refractivity contribution < 1.29 is 16.8 Å². The summed E-state index contributed by atoms with van der Waals surface area (Å²) in [4.78, 5) is 0.657. The molecular weight excluding hydrogens is 394 g/mol. The molecule has 0 amide bonds. The Balaban J connectivity index is 1.64. The van der Waals surface area contributed by atoms with Gasteiger partial charge in [-0.2, -0.15) is 4.31 Å². The molecule has 2 aromatic rings. The molecule has 4 rings (SSSR count). The van der Waals surface area contributed by atoms with Crippen molar-refractivity contribution in [2.45, 2.75) is 66.7 Å². The Morgan fingerprint density at radius 2 is 1.46 bits per heavy atom. The maximum absolute atomic E-state index is 13.4. The molecule has 2 aliphatic rings. The molecule has 2 fully saturated rings. The zero-order valence-corrected chi connectivity index (χ0v) is 17.7. The third-order valence-electron chi connectivity index (χ3n) is 6.02. The van der Waals surface area contributed by atoms with Crippen LogP contribution >= 0.6 is 0 Å². The summed E-state index contributed by atoms with van der Waals surface area (Å²) in [5, 5.41) is -0.530. The van der Waals surface area contributed by atoms with E-state index in [2.05, 4.69) is 0 Å². The van der Waals surface area contributed by atoms with Crippen LogP contribution in [0.1, 0.15) is 36.8 Å². The lowest BCUT2D eigenvalue weighted by Gasteiger charge is -2.37. The van der Waals surface area contributed by atoms with Gasteiger partial charge in [0.1, 0.15) is 0 Å². The average molecular weight is 420 g/mol. The number of sulfone groups is 1. The number of hydrogen-bond acceptors (Lipinski definition) is 4. The number of nitrogens with zero attached hydrogens (tertiary/aromatic N) is 1.